The number of fused-ring (bicyclic) bond motifs is 1. The van der Waals surface area contributed by atoms with E-state index >= 15 is 0 Å². The van der Waals surface area contributed by atoms with Gasteiger partial charge < -0.3 is 19.6 Å². The maximum absolute atomic E-state index is 13.1. The Hall–Kier alpha value is -3.78. The Morgan fingerprint density at radius 1 is 0.969 bits per heavy atom. The van der Waals surface area contributed by atoms with Gasteiger partial charge in [0.05, 0.1) is 9.79 Å². The van der Waals surface area contributed by atoms with Crippen molar-refractivity contribution >= 4 is 26.7 Å². The molecule has 0 saturated heterocycles. The van der Waals surface area contributed by atoms with Crippen molar-refractivity contribution in [1.29, 1.82) is 0 Å². The molecule has 0 atom stereocenters. The molecular formula is C24H21NO6S. The lowest BCUT2D eigenvalue weighted by atomic mass is 10.1. The van der Waals surface area contributed by atoms with Crippen molar-refractivity contribution in [2.24, 2.45) is 0 Å². The van der Waals surface area contributed by atoms with Gasteiger partial charge in [-0.3, -0.25) is 0 Å². The second-order valence-corrected chi connectivity index (χ2v) is 9.27. The summed E-state index contributed by atoms with van der Waals surface area (Å²) in [5.41, 5.74) is 2.20. The number of nitrogens with one attached hydrogen (secondary N) is 1. The minimum atomic E-state index is -3.70. The van der Waals surface area contributed by atoms with Gasteiger partial charge in [0.2, 0.25) is 9.84 Å². The van der Waals surface area contributed by atoms with Crippen molar-refractivity contribution < 1.29 is 27.8 Å². The first kappa shape index (κ1) is 21.5. The van der Waals surface area contributed by atoms with Gasteiger partial charge in [-0.05, 0) is 67.4 Å². The number of sulfone groups is 1. The van der Waals surface area contributed by atoms with E-state index in [2.05, 4.69) is 4.98 Å². The monoisotopic (exact) mass is 451 g/mol. The number of hydrogen-bond acceptors (Lipinski definition) is 5. The number of carboxylic acid groups (broad SMARTS) is 1. The summed E-state index contributed by atoms with van der Waals surface area (Å²) in [6.45, 7) is 3.23. The summed E-state index contributed by atoms with van der Waals surface area (Å²) in [7, 11) is -3.70. The highest BCUT2D eigenvalue weighted by Gasteiger charge is 2.22. The summed E-state index contributed by atoms with van der Waals surface area (Å²) in [4.78, 5) is 14.1. The SMILES string of the molecule is Cc1cc(OCC(=O)O)cc(C)c1Oc1ccc2[nH]cc(S(=O)(=O)c3ccccc3)c2c1. The van der Waals surface area contributed by atoms with Crippen molar-refractivity contribution in [2.45, 2.75) is 23.6 Å². The first-order valence-corrected chi connectivity index (χ1v) is 11.3. The van der Waals surface area contributed by atoms with Crippen LogP contribution in [0.2, 0.25) is 0 Å². The topological polar surface area (TPSA) is 106 Å². The number of H-pyrrole nitrogens is 1. The van der Waals surface area contributed by atoms with Crippen LogP contribution in [0.1, 0.15) is 11.1 Å². The van der Waals surface area contributed by atoms with E-state index in [0.29, 0.717) is 28.2 Å². The maximum Gasteiger partial charge on any atom is 0.341 e. The molecule has 0 fully saturated rings. The molecule has 0 aliphatic rings. The lowest BCUT2D eigenvalue weighted by molar-refractivity contribution is -0.139. The molecule has 0 aliphatic carbocycles. The number of aliphatic carboxylic acids is 1. The molecule has 0 radical (unpaired) electrons. The van der Waals surface area contributed by atoms with Crippen LogP contribution >= 0.6 is 0 Å². The van der Waals surface area contributed by atoms with Crippen LogP contribution in [0, 0.1) is 13.8 Å². The fourth-order valence-electron chi connectivity index (χ4n) is 3.50. The molecule has 0 bridgehead atoms. The smallest absolute Gasteiger partial charge is 0.341 e. The van der Waals surface area contributed by atoms with Gasteiger partial charge in [-0.2, -0.15) is 0 Å². The van der Waals surface area contributed by atoms with Crippen LogP contribution in [0.5, 0.6) is 17.2 Å². The summed E-state index contributed by atoms with van der Waals surface area (Å²) in [5.74, 6) is 0.454. The van der Waals surface area contributed by atoms with Crippen LogP contribution < -0.4 is 9.47 Å². The molecule has 8 heteroatoms. The lowest BCUT2D eigenvalue weighted by Gasteiger charge is -2.14. The van der Waals surface area contributed by atoms with Gasteiger partial charge in [0, 0.05) is 17.1 Å². The zero-order chi connectivity index (χ0) is 22.9. The Labute approximate surface area is 185 Å². The van der Waals surface area contributed by atoms with Crippen LogP contribution in [0.3, 0.4) is 0 Å². The van der Waals surface area contributed by atoms with Crippen LogP contribution in [0.15, 0.2) is 76.7 Å². The van der Waals surface area contributed by atoms with Gasteiger partial charge in [-0.1, -0.05) is 18.2 Å². The summed E-state index contributed by atoms with van der Waals surface area (Å²) in [6.07, 6.45) is 1.49. The molecule has 0 spiro atoms. The third kappa shape index (κ3) is 4.17. The molecule has 164 valence electrons. The first-order valence-electron chi connectivity index (χ1n) is 9.80. The predicted molar refractivity (Wildman–Crippen MR) is 119 cm³/mol. The van der Waals surface area contributed by atoms with Crippen LogP contribution in [0.4, 0.5) is 0 Å². The molecule has 0 amide bonds. The standard InChI is InChI=1S/C24H21NO6S/c1-15-10-18(30-14-23(26)27)11-16(2)24(15)31-17-8-9-21-20(12-17)22(13-25-21)32(28,29)19-6-4-3-5-7-19/h3-13,25H,14H2,1-2H3,(H,26,27). The third-order valence-electron chi connectivity index (χ3n) is 4.97. The number of benzene rings is 3. The highest BCUT2D eigenvalue weighted by molar-refractivity contribution is 7.91. The molecule has 7 nitrogen and oxygen atoms in total. The van der Waals surface area contributed by atoms with Crippen molar-refractivity contribution in [1.82, 2.24) is 4.98 Å². The quantitative estimate of drug-likeness (QED) is 0.415. The minimum absolute atomic E-state index is 0.176. The minimum Gasteiger partial charge on any atom is -0.482 e. The average molecular weight is 452 g/mol. The molecule has 4 rings (SSSR count). The fraction of sp³-hybridized carbons (Fsp3) is 0.125. The van der Waals surface area contributed by atoms with Crippen molar-refractivity contribution in [2.75, 3.05) is 6.61 Å². The summed E-state index contributed by atoms with van der Waals surface area (Å²) in [6, 6.07) is 16.9. The Morgan fingerprint density at radius 2 is 1.66 bits per heavy atom. The highest BCUT2D eigenvalue weighted by atomic mass is 32.2. The molecule has 0 unspecified atom stereocenters. The van der Waals surface area contributed by atoms with E-state index in [4.69, 9.17) is 14.6 Å². The number of rotatable bonds is 7. The maximum atomic E-state index is 13.1. The molecule has 1 aromatic heterocycles. The van der Waals surface area contributed by atoms with E-state index in [1.165, 1.54) is 6.20 Å². The Bertz CT molecular complexity index is 1380. The van der Waals surface area contributed by atoms with Gasteiger partial charge in [-0.15, -0.1) is 0 Å². The molecule has 3 aromatic carbocycles. The summed E-state index contributed by atoms with van der Waals surface area (Å²) < 4.78 is 37.6. The first-order chi connectivity index (χ1) is 15.3. The zero-order valence-corrected chi connectivity index (χ0v) is 18.3. The van der Waals surface area contributed by atoms with E-state index in [1.807, 2.05) is 13.8 Å². The zero-order valence-electron chi connectivity index (χ0n) is 17.5. The van der Waals surface area contributed by atoms with E-state index < -0.39 is 22.4 Å². The van der Waals surface area contributed by atoms with E-state index in [0.717, 1.165) is 11.1 Å². The summed E-state index contributed by atoms with van der Waals surface area (Å²) >= 11 is 0. The van der Waals surface area contributed by atoms with Gasteiger partial charge in [0.15, 0.2) is 6.61 Å². The van der Waals surface area contributed by atoms with E-state index in [-0.39, 0.29) is 9.79 Å². The molecule has 4 aromatic rings. The number of carboxylic acids is 1. The second-order valence-electron chi connectivity index (χ2n) is 7.35. The Balaban J connectivity index is 1.69. The molecular weight excluding hydrogens is 430 g/mol. The number of carbonyl (C=O) groups is 1. The summed E-state index contributed by atoms with van der Waals surface area (Å²) in [5, 5.41) is 9.32. The number of hydrogen-bond donors (Lipinski definition) is 2. The van der Waals surface area contributed by atoms with Crippen LogP contribution in [0.25, 0.3) is 10.9 Å². The van der Waals surface area contributed by atoms with Gasteiger partial charge >= 0.3 is 5.97 Å². The predicted octanol–water partition coefficient (Wildman–Crippen LogP) is 4.87. The number of aromatic amines is 1. The lowest BCUT2D eigenvalue weighted by Crippen LogP contribution is -2.09. The number of aryl methyl sites for hydroxylation is 2. The average Bonchev–Trinajstić information content (AvgIpc) is 3.19. The fourth-order valence-corrected chi connectivity index (χ4v) is 4.95. The van der Waals surface area contributed by atoms with Gasteiger partial charge in [-0.25, -0.2) is 13.2 Å². The van der Waals surface area contributed by atoms with Gasteiger partial charge in [0.25, 0.3) is 0 Å². The van der Waals surface area contributed by atoms with Crippen LogP contribution in [-0.4, -0.2) is 31.1 Å². The molecule has 32 heavy (non-hydrogen) atoms. The highest BCUT2D eigenvalue weighted by Crippen LogP contribution is 2.35. The van der Waals surface area contributed by atoms with Crippen molar-refractivity contribution in [3.05, 3.63) is 78.0 Å². The molecule has 0 saturated carbocycles. The number of aromatic nitrogens is 1. The van der Waals surface area contributed by atoms with E-state index in [1.54, 1.807) is 60.7 Å². The normalized spacial score (nSPS) is 11.4. The second kappa shape index (κ2) is 8.39. The Kier molecular flexibility index (Phi) is 5.63. The molecule has 1 heterocycles. The Morgan fingerprint density at radius 3 is 2.31 bits per heavy atom. The van der Waals surface area contributed by atoms with Gasteiger partial charge in [0.1, 0.15) is 17.2 Å². The molecule has 2 N–H and O–H groups in total. The largest absolute Gasteiger partial charge is 0.482 e. The van der Waals surface area contributed by atoms with Crippen LogP contribution in [-0.2, 0) is 14.6 Å². The third-order valence-corrected chi connectivity index (χ3v) is 6.78. The molecule has 0 aliphatic heterocycles. The number of ether oxygens (including phenoxy) is 2. The van der Waals surface area contributed by atoms with Crippen molar-refractivity contribution in [3.8, 4) is 17.2 Å². The van der Waals surface area contributed by atoms with Crippen molar-refractivity contribution in [3.63, 3.8) is 0 Å². The van der Waals surface area contributed by atoms with E-state index in [9.17, 15) is 13.2 Å².